The molecule has 0 aromatic rings. The van der Waals surface area contributed by atoms with Crippen molar-refractivity contribution in [2.45, 2.75) is 24.9 Å². The van der Waals surface area contributed by atoms with Crippen molar-refractivity contribution in [3.63, 3.8) is 0 Å². The quantitative estimate of drug-likeness (QED) is 0.249. The van der Waals surface area contributed by atoms with E-state index in [0.717, 1.165) is 48.6 Å². The van der Waals surface area contributed by atoms with Crippen LogP contribution in [-0.2, 0) is 38.4 Å². The molecule has 4 aliphatic heterocycles. The van der Waals surface area contributed by atoms with Gasteiger partial charge in [0.15, 0.2) is 24.9 Å². The van der Waals surface area contributed by atoms with E-state index in [2.05, 4.69) is 0 Å². The predicted molar refractivity (Wildman–Crippen MR) is 108 cm³/mol. The van der Waals surface area contributed by atoms with Gasteiger partial charge in [-0.2, -0.15) is 0 Å². The Bertz CT molecular complexity index is 945. The monoisotopic (exact) mass is 504 g/mol. The molecule has 0 saturated carbocycles. The smallest absolute Gasteiger partial charge is 0.255 e. The Morgan fingerprint density at radius 2 is 0.444 bits per heavy atom. The van der Waals surface area contributed by atoms with Crippen LogP contribution in [0.25, 0.3) is 0 Å². The van der Waals surface area contributed by atoms with E-state index in [-0.39, 0.29) is 0 Å². The van der Waals surface area contributed by atoms with Gasteiger partial charge in [0, 0.05) is 48.6 Å². The number of aliphatic hydroxyl groups is 4. The molecule has 4 unspecified atom stereocenters. The second-order valence-electron chi connectivity index (χ2n) is 7.17. The van der Waals surface area contributed by atoms with E-state index in [1.807, 2.05) is 0 Å². The third-order valence-electron chi connectivity index (χ3n) is 4.96. The summed E-state index contributed by atoms with van der Waals surface area (Å²) >= 11 is 0. The molecule has 0 aromatic heterocycles. The van der Waals surface area contributed by atoms with E-state index in [1.165, 1.54) is 0 Å². The Hall–Kier alpha value is -4.64. The van der Waals surface area contributed by atoms with E-state index in [0.29, 0.717) is 19.6 Å². The molecule has 0 radical (unpaired) electrons. The Labute approximate surface area is 199 Å². The number of carbonyl (C=O) groups is 8. The van der Waals surface area contributed by atoms with Gasteiger partial charge in [-0.25, -0.2) is 19.6 Å². The Kier molecular flexibility index (Phi) is 7.16. The summed E-state index contributed by atoms with van der Waals surface area (Å²) in [6.45, 7) is 0. The molecule has 0 saturated heterocycles. The highest BCUT2D eigenvalue weighted by Gasteiger charge is 2.42. The topological polar surface area (TPSA) is 230 Å². The minimum absolute atomic E-state index is 0.351. The van der Waals surface area contributed by atoms with Crippen molar-refractivity contribution in [1.29, 1.82) is 0 Å². The first kappa shape index (κ1) is 26.0. The van der Waals surface area contributed by atoms with Crippen LogP contribution in [0.5, 0.6) is 0 Å². The second kappa shape index (κ2) is 9.92. The molecule has 4 aliphatic rings. The standard InChI is InChI=1S/2C10H8N2O6/c2*13-5-1-2-6(14)11(5)9(17)10(18)12-7(15)3-4-8(12)16/h2*1-4,9-10,17-18H. The maximum Gasteiger partial charge on any atom is 0.255 e. The molecule has 0 spiro atoms. The van der Waals surface area contributed by atoms with E-state index in [4.69, 9.17) is 0 Å². The number of hydrogen-bond acceptors (Lipinski definition) is 12. The molecule has 188 valence electrons. The molecule has 36 heavy (non-hydrogen) atoms. The van der Waals surface area contributed by atoms with Gasteiger partial charge < -0.3 is 20.4 Å². The number of imide groups is 4. The zero-order chi connectivity index (χ0) is 26.9. The SMILES string of the molecule is O=C1C=CC(=O)N1C(O)C(O)N1C(=O)C=CC1=O.O=C1C=CC(=O)N1C(O)C(O)N1C(=O)C=CC1=O. The van der Waals surface area contributed by atoms with Crippen LogP contribution in [0, 0.1) is 0 Å². The predicted octanol–water partition coefficient (Wildman–Crippen LogP) is -5.05. The minimum Gasteiger partial charge on any atom is -0.369 e. The fourth-order valence-corrected chi connectivity index (χ4v) is 3.22. The zero-order valence-electron chi connectivity index (χ0n) is 17.8. The van der Waals surface area contributed by atoms with Crippen molar-refractivity contribution in [1.82, 2.24) is 19.6 Å². The summed E-state index contributed by atoms with van der Waals surface area (Å²) in [4.78, 5) is 91.4. The zero-order valence-corrected chi connectivity index (χ0v) is 17.8. The molecule has 8 amide bonds. The molecular weight excluding hydrogens is 488 g/mol. The number of aliphatic hydroxyl groups excluding tert-OH is 4. The lowest BCUT2D eigenvalue weighted by Crippen LogP contribution is -2.55. The third kappa shape index (κ3) is 4.64. The van der Waals surface area contributed by atoms with Gasteiger partial charge in [0.25, 0.3) is 47.3 Å². The second-order valence-corrected chi connectivity index (χ2v) is 7.17. The molecule has 4 N–H and O–H groups in total. The van der Waals surface area contributed by atoms with Crippen LogP contribution in [0.4, 0.5) is 0 Å². The summed E-state index contributed by atoms with van der Waals surface area (Å²) in [5.41, 5.74) is 0. The highest BCUT2D eigenvalue weighted by atomic mass is 16.4. The third-order valence-corrected chi connectivity index (χ3v) is 4.96. The first-order valence-corrected chi connectivity index (χ1v) is 9.80. The maximum atomic E-state index is 11.3. The van der Waals surface area contributed by atoms with E-state index in [1.54, 1.807) is 0 Å². The van der Waals surface area contributed by atoms with Crippen molar-refractivity contribution >= 4 is 47.3 Å². The molecule has 4 atom stereocenters. The van der Waals surface area contributed by atoms with Crippen LogP contribution in [0.3, 0.4) is 0 Å². The van der Waals surface area contributed by atoms with Gasteiger partial charge in [-0.3, -0.25) is 38.4 Å². The van der Waals surface area contributed by atoms with Crippen molar-refractivity contribution < 1.29 is 58.8 Å². The Balaban J connectivity index is 0.000000201. The van der Waals surface area contributed by atoms with Gasteiger partial charge in [-0.1, -0.05) is 0 Å². The lowest BCUT2D eigenvalue weighted by atomic mass is 10.3. The molecule has 0 fully saturated rings. The average Bonchev–Trinajstić information content (AvgIpc) is 3.55. The number of hydrogen-bond donors (Lipinski definition) is 4. The summed E-state index contributed by atoms with van der Waals surface area (Å²) < 4.78 is 0. The molecule has 0 bridgehead atoms. The molecule has 0 aliphatic carbocycles. The Morgan fingerprint density at radius 3 is 0.556 bits per heavy atom. The van der Waals surface area contributed by atoms with Gasteiger partial charge in [-0.15, -0.1) is 0 Å². The normalized spacial score (nSPS) is 22.3. The minimum atomic E-state index is -2.01. The number of nitrogens with zero attached hydrogens (tertiary/aromatic N) is 4. The van der Waals surface area contributed by atoms with Gasteiger partial charge in [0.05, 0.1) is 0 Å². The molecular formula is C20H16N4O12. The molecule has 16 nitrogen and oxygen atoms in total. The van der Waals surface area contributed by atoms with Gasteiger partial charge in [0.1, 0.15) is 0 Å². The fraction of sp³-hybridized carbons (Fsp3) is 0.200. The van der Waals surface area contributed by atoms with Crippen molar-refractivity contribution in [2.75, 3.05) is 0 Å². The highest BCUT2D eigenvalue weighted by molar-refractivity contribution is 6.15. The van der Waals surface area contributed by atoms with Crippen LogP contribution >= 0.6 is 0 Å². The highest BCUT2D eigenvalue weighted by Crippen LogP contribution is 2.17. The van der Waals surface area contributed by atoms with E-state index in [9.17, 15) is 58.8 Å². The first-order valence-electron chi connectivity index (χ1n) is 9.80. The lowest BCUT2D eigenvalue weighted by molar-refractivity contribution is -0.179. The van der Waals surface area contributed by atoms with Crippen LogP contribution in [0.1, 0.15) is 0 Å². The van der Waals surface area contributed by atoms with Crippen molar-refractivity contribution in [3.05, 3.63) is 48.6 Å². The van der Waals surface area contributed by atoms with Crippen LogP contribution < -0.4 is 0 Å². The van der Waals surface area contributed by atoms with Gasteiger partial charge >= 0.3 is 0 Å². The average molecular weight is 504 g/mol. The van der Waals surface area contributed by atoms with Gasteiger partial charge in [-0.05, 0) is 0 Å². The van der Waals surface area contributed by atoms with Gasteiger partial charge in [0.2, 0.25) is 0 Å². The molecule has 4 heterocycles. The largest absolute Gasteiger partial charge is 0.369 e. The number of rotatable bonds is 6. The first-order chi connectivity index (χ1) is 16.9. The van der Waals surface area contributed by atoms with Crippen molar-refractivity contribution in [2.24, 2.45) is 0 Å². The van der Waals surface area contributed by atoms with Crippen molar-refractivity contribution in [3.8, 4) is 0 Å². The van der Waals surface area contributed by atoms with E-state index < -0.39 is 72.2 Å². The summed E-state index contributed by atoms with van der Waals surface area (Å²) in [6, 6.07) is 0. The lowest BCUT2D eigenvalue weighted by Gasteiger charge is -2.30. The molecule has 0 aromatic carbocycles. The summed E-state index contributed by atoms with van der Waals surface area (Å²) in [7, 11) is 0. The van der Waals surface area contributed by atoms with Crippen LogP contribution in [-0.4, -0.2) is 112 Å². The number of carbonyl (C=O) groups excluding carboxylic acids is 8. The molecule has 4 rings (SSSR count). The summed E-state index contributed by atoms with van der Waals surface area (Å²) in [6.07, 6.45) is -0.772. The maximum absolute atomic E-state index is 11.3. The summed E-state index contributed by atoms with van der Waals surface area (Å²) in [5.74, 6) is -6.68. The molecule has 16 heteroatoms. The van der Waals surface area contributed by atoms with Crippen LogP contribution in [0.2, 0.25) is 0 Å². The fourth-order valence-electron chi connectivity index (χ4n) is 3.22. The number of amides is 8. The van der Waals surface area contributed by atoms with Crippen LogP contribution in [0.15, 0.2) is 48.6 Å². The summed E-state index contributed by atoms with van der Waals surface area (Å²) in [5, 5.41) is 38.7. The van der Waals surface area contributed by atoms with E-state index >= 15 is 0 Å². The Morgan fingerprint density at radius 1 is 0.333 bits per heavy atom.